The van der Waals surface area contributed by atoms with E-state index < -0.39 is 5.60 Å². The lowest BCUT2D eigenvalue weighted by molar-refractivity contribution is 0.0106. The molecule has 3 aromatic rings. The molecule has 1 aliphatic carbocycles. The van der Waals surface area contributed by atoms with Crippen molar-refractivity contribution in [2.45, 2.75) is 65.0 Å². The van der Waals surface area contributed by atoms with Gasteiger partial charge in [-0.3, -0.25) is 9.80 Å². The number of hydrogen-bond acceptors (Lipinski definition) is 6. The van der Waals surface area contributed by atoms with Crippen molar-refractivity contribution in [2.24, 2.45) is 0 Å². The van der Waals surface area contributed by atoms with Crippen LogP contribution in [0.4, 0.5) is 26.8 Å². The Labute approximate surface area is 222 Å². The quantitative estimate of drug-likeness (QED) is 0.537. The zero-order valence-electron chi connectivity index (χ0n) is 22.7. The number of carbonyl (C=O) groups excluding carboxylic acids is 2. The van der Waals surface area contributed by atoms with Gasteiger partial charge in [0.25, 0.3) is 0 Å². The molecule has 0 aromatic carbocycles. The van der Waals surface area contributed by atoms with E-state index in [1.165, 1.54) is 0 Å². The molecule has 6 rings (SSSR count). The van der Waals surface area contributed by atoms with Crippen molar-refractivity contribution in [3.05, 3.63) is 47.5 Å². The molecule has 200 valence electrons. The number of hydrogen-bond donors (Lipinski definition) is 1. The highest BCUT2D eigenvalue weighted by Crippen LogP contribution is 2.47. The number of amides is 3. The molecule has 2 aliphatic heterocycles. The van der Waals surface area contributed by atoms with Crippen LogP contribution in [0.5, 0.6) is 0 Å². The van der Waals surface area contributed by atoms with Gasteiger partial charge in [-0.1, -0.05) is 0 Å². The molecular formula is C28H35N7O3. The summed E-state index contributed by atoms with van der Waals surface area (Å²) in [6.07, 6.45) is 8.09. The summed E-state index contributed by atoms with van der Waals surface area (Å²) in [5, 5.41) is 3.05. The van der Waals surface area contributed by atoms with E-state index >= 15 is 0 Å². The van der Waals surface area contributed by atoms with Crippen LogP contribution in [0.1, 0.15) is 50.4 Å². The topological polar surface area (TPSA) is 95.3 Å². The van der Waals surface area contributed by atoms with Crippen LogP contribution in [0.15, 0.2) is 30.7 Å². The van der Waals surface area contributed by atoms with Crippen molar-refractivity contribution < 1.29 is 14.3 Å². The molecule has 0 unspecified atom stereocenters. The maximum Gasteiger partial charge on any atom is 0.410 e. The SMILES string of the molecule is Cc1cn2cc(NC(=O)N3CCc4c(N5CCN(C(=O)OC(C)(C)C)C6(CC6)C5)ccnc43)cc(C)c2n1. The Morgan fingerprint density at radius 1 is 1.11 bits per heavy atom. The van der Waals surface area contributed by atoms with Gasteiger partial charge in [0.05, 0.1) is 16.9 Å². The number of aromatic nitrogens is 3. The van der Waals surface area contributed by atoms with E-state index in [0.717, 1.165) is 59.7 Å². The summed E-state index contributed by atoms with van der Waals surface area (Å²) in [6, 6.07) is 3.79. The first-order valence-electron chi connectivity index (χ1n) is 13.3. The Balaban J connectivity index is 1.19. The van der Waals surface area contributed by atoms with E-state index in [1.807, 2.05) is 68.4 Å². The molecule has 1 saturated carbocycles. The third-order valence-corrected chi connectivity index (χ3v) is 7.63. The van der Waals surface area contributed by atoms with Crippen LogP contribution < -0.4 is 15.1 Å². The summed E-state index contributed by atoms with van der Waals surface area (Å²) < 4.78 is 7.64. The number of pyridine rings is 2. The van der Waals surface area contributed by atoms with Gasteiger partial charge in [0.15, 0.2) is 0 Å². The summed E-state index contributed by atoms with van der Waals surface area (Å²) in [7, 11) is 0. The monoisotopic (exact) mass is 517 g/mol. The number of piperazine rings is 1. The number of carbonyl (C=O) groups is 2. The Kier molecular flexibility index (Phi) is 5.55. The van der Waals surface area contributed by atoms with Crippen molar-refractivity contribution >= 4 is 35.0 Å². The molecule has 10 nitrogen and oxygen atoms in total. The number of nitrogens with zero attached hydrogens (tertiary/aromatic N) is 6. The number of aryl methyl sites for hydroxylation is 2. The maximum absolute atomic E-state index is 13.3. The second-order valence-electron chi connectivity index (χ2n) is 11.8. The van der Waals surface area contributed by atoms with Crippen molar-refractivity contribution in [2.75, 3.05) is 41.3 Å². The molecular weight excluding hydrogens is 482 g/mol. The first-order valence-corrected chi connectivity index (χ1v) is 13.3. The van der Waals surface area contributed by atoms with Crippen LogP contribution in [-0.4, -0.2) is 68.7 Å². The zero-order valence-corrected chi connectivity index (χ0v) is 22.7. The number of rotatable bonds is 2. The third-order valence-electron chi connectivity index (χ3n) is 7.63. The number of anilines is 3. The molecule has 3 aliphatic rings. The molecule has 5 heterocycles. The summed E-state index contributed by atoms with van der Waals surface area (Å²) >= 11 is 0. The molecule has 2 fully saturated rings. The fourth-order valence-electron chi connectivity index (χ4n) is 5.78. The molecule has 10 heteroatoms. The van der Waals surface area contributed by atoms with Gasteiger partial charge >= 0.3 is 12.1 Å². The lowest BCUT2D eigenvalue weighted by Gasteiger charge is -2.43. The molecule has 1 N–H and O–H groups in total. The van der Waals surface area contributed by atoms with Gasteiger partial charge in [-0.2, -0.15) is 0 Å². The molecule has 0 bridgehead atoms. The van der Waals surface area contributed by atoms with Gasteiger partial charge in [-0.25, -0.2) is 19.6 Å². The van der Waals surface area contributed by atoms with Crippen LogP contribution in [0.2, 0.25) is 0 Å². The van der Waals surface area contributed by atoms with Crippen LogP contribution >= 0.6 is 0 Å². The summed E-state index contributed by atoms with van der Waals surface area (Å²) in [5.74, 6) is 0.704. The van der Waals surface area contributed by atoms with E-state index in [-0.39, 0.29) is 17.7 Å². The normalized spacial score (nSPS) is 18.2. The van der Waals surface area contributed by atoms with E-state index in [2.05, 4.69) is 20.2 Å². The predicted molar refractivity (Wildman–Crippen MR) is 146 cm³/mol. The summed E-state index contributed by atoms with van der Waals surface area (Å²) in [4.78, 5) is 41.4. The van der Waals surface area contributed by atoms with Gasteiger partial charge in [-0.15, -0.1) is 0 Å². The molecule has 1 saturated heterocycles. The highest BCUT2D eigenvalue weighted by molar-refractivity contribution is 6.03. The molecule has 1 spiro atoms. The fraction of sp³-hybridized carbons (Fsp3) is 0.500. The molecule has 3 aromatic heterocycles. The fourth-order valence-corrected chi connectivity index (χ4v) is 5.78. The second kappa shape index (κ2) is 8.61. The van der Waals surface area contributed by atoms with E-state index in [1.54, 1.807) is 11.1 Å². The first-order chi connectivity index (χ1) is 18.0. The van der Waals surface area contributed by atoms with Crippen molar-refractivity contribution in [1.29, 1.82) is 0 Å². The third kappa shape index (κ3) is 4.31. The van der Waals surface area contributed by atoms with Gasteiger partial charge in [0.2, 0.25) is 0 Å². The maximum atomic E-state index is 13.3. The highest BCUT2D eigenvalue weighted by atomic mass is 16.6. The van der Waals surface area contributed by atoms with E-state index in [9.17, 15) is 9.59 Å². The largest absolute Gasteiger partial charge is 0.444 e. The van der Waals surface area contributed by atoms with Crippen LogP contribution in [0.3, 0.4) is 0 Å². The molecule has 0 atom stereocenters. The highest BCUT2D eigenvalue weighted by Gasteiger charge is 2.54. The lowest BCUT2D eigenvalue weighted by Crippen LogP contribution is -2.58. The van der Waals surface area contributed by atoms with E-state index in [4.69, 9.17) is 4.74 Å². The Morgan fingerprint density at radius 3 is 2.63 bits per heavy atom. The van der Waals surface area contributed by atoms with Gasteiger partial charge in [0, 0.05) is 56.0 Å². The minimum atomic E-state index is -0.511. The van der Waals surface area contributed by atoms with Crippen molar-refractivity contribution in [3.8, 4) is 0 Å². The van der Waals surface area contributed by atoms with Crippen LogP contribution in [0, 0.1) is 13.8 Å². The number of imidazole rings is 1. The number of fused-ring (bicyclic) bond motifs is 2. The van der Waals surface area contributed by atoms with Crippen molar-refractivity contribution in [3.63, 3.8) is 0 Å². The van der Waals surface area contributed by atoms with Gasteiger partial charge in [-0.05, 0) is 71.6 Å². The van der Waals surface area contributed by atoms with Crippen LogP contribution in [-0.2, 0) is 11.2 Å². The average molecular weight is 518 g/mol. The minimum absolute atomic E-state index is 0.172. The number of ether oxygens (including phenoxy) is 1. The van der Waals surface area contributed by atoms with Gasteiger partial charge < -0.3 is 19.4 Å². The van der Waals surface area contributed by atoms with Crippen molar-refractivity contribution in [1.82, 2.24) is 19.3 Å². The van der Waals surface area contributed by atoms with Crippen LogP contribution in [0.25, 0.3) is 5.65 Å². The Bertz CT molecular complexity index is 1440. The average Bonchev–Trinajstić information content (AvgIpc) is 3.27. The minimum Gasteiger partial charge on any atom is -0.444 e. The number of nitrogens with one attached hydrogen (secondary N) is 1. The standard InChI is InChI=1S/C28H35N7O3/c1-18-14-20(16-33-15-19(2)30-23(18)33)31-25(36)34-11-7-21-22(6-10-29-24(21)34)32-12-13-35(28(17-32)8-9-28)26(37)38-27(3,4)5/h6,10,14-16H,7-9,11-13,17H2,1-5H3,(H,31,36). The predicted octanol–water partition coefficient (Wildman–Crippen LogP) is 4.53. The number of urea groups is 1. The lowest BCUT2D eigenvalue weighted by atomic mass is 10.1. The second-order valence-corrected chi connectivity index (χ2v) is 11.8. The first kappa shape index (κ1) is 24.5. The zero-order chi connectivity index (χ0) is 26.8. The molecule has 3 amide bonds. The Morgan fingerprint density at radius 2 is 1.89 bits per heavy atom. The van der Waals surface area contributed by atoms with Gasteiger partial charge in [0.1, 0.15) is 17.1 Å². The molecule has 38 heavy (non-hydrogen) atoms. The summed E-state index contributed by atoms with van der Waals surface area (Å²) in [6.45, 7) is 12.3. The Hall–Kier alpha value is -3.82. The smallest absolute Gasteiger partial charge is 0.410 e. The van der Waals surface area contributed by atoms with E-state index in [0.29, 0.717) is 25.5 Å². The summed E-state index contributed by atoms with van der Waals surface area (Å²) in [5.41, 5.74) is 5.04. The molecule has 0 radical (unpaired) electrons.